The molecule has 1 unspecified atom stereocenters. The third-order valence-corrected chi connectivity index (χ3v) is 4.92. The Hall–Kier alpha value is -1.54. The van der Waals surface area contributed by atoms with Crippen LogP contribution in [0.2, 0.25) is 0 Å². The van der Waals surface area contributed by atoms with Crippen molar-refractivity contribution in [3.8, 4) is 0 Å². The summed E-state index contributed by atoms with van der Waals surface area (Å²) in [6.07, 6.45) is 7.97. The average molecular weight is 394 g/mol. The molecule has 0 aliphatic heterocycles. The summed E-state index contributed by atoms with van der Waals surface area (Å²) in [4.78, 5) is 23.9. The lowest BCUT2D eigenvalue weighted by atomic mass is 9.92. The van der Waals surface area contributed by atoms with Gasteiger partial charge in [-0.15, -0.1) is 0 Å². The first-order chi connectivity index (χ1) is 12.9. The second-order valence-corrected chi connectivity index (χ2v) is 7.33. The van der Waals surface area contributed by atoms with Crippen LogP contribution in [0.25, 0.3) is 0 Å². The Bertz CT molecular complexity index is 575. The molecule has 0 bridgehead atoms. The zero-order chi connectivity index (χ0) is 20.8. The summed E-state index contributed by atoms with van der Waals surface area (Å²) >= 11 is 0. The normalized spacial score (nSPS) is 11.4. The van der Waals surface area contributed by atoms with Crippen molar-refractivity contribution in [2.24, 2.45) is 5.92 Å². The van der Waals surface area contributed by atoms with Crippen LogP contribution in [0.15, 0.2) is 12.1 Å². The molecule has 1 aromatic rings. The largest absolute Gasteiger partial charge is 0.481 e. The Morgan fingerprint density at radius 1 is 0.926 bits per heavy atom. The van der Waals surface area contributed by atoms with E-state index in [0.717, 1.165) is 55.2 Å². The molecule has 152 valence electrons. The fourth-order valence-electron chi connectivity index (χ4n) is 3.63. The molecule has 0 fully saturated rings. The van der Waals surface area contributed by atoms with Gasteiger partial charge in [-0.2, -0.15) is 0 Å². The van der Waals surface area contributed by atoms with Gasteiger partial charge in [-0.3, -0.25) is 14.2 Å². The van der Waals surface area contributed by atoms with Crippen LogP contribution in [-0.4, -0.2) is 16.9 Å². The van der Waals surface area contributed by atoms with Crippen LogP contribution in [0.4, 0.5) is 0 Å². The summed E-state index contributed by atoms with van der Waals surface area (Å²) < 4.78 is 8.06. The first-order valence-corrected chi connectivity index (χ1v) is 10.3. The SMILES string of the molecule is CCCCCCC(CCCCC(=O)c1c(C)cc(C)cc1C)C(=O)O.O=P. The first kappa shape index (κ1) is 25.5. The van der Waals surface area contributed by atoms with Crippen LogP contribution < -0.4 is 0 Å². The predicted molar refractivity (Wildman–Crippen MR) is 112 cm³/mol. The topological polar surface area (TPSA) is 71.4 Å². The van der Waals surface area contributed by atoms with Gasteiger partial charge < -0.3 is 5.11 Å². The third kappa shape index (κ3) is 9.81. The maximum Gasteiger partial charge on any atom is 0.306 e. The average Bonchev–Trinajstić information content (AvgIpc) is 2.60. The molecular weight excluding hydrogens is 359 g/mol. The molecule has 1 atom stereocenters. The van der Waals surface area contributed by atoms with Gasteiger partial charge in [0.15, 0.2) is 5.78 Å². The standard InChI is InChI=1S/C22H34O3.HOP/c1-5-6-7-8-11-19(22(24)25)12-9-10-13-20(23)21-17(3)14-16(2)15-18(21)4;1-2/h14-15,19H,5-13H2,1-4H3,(H,24,25);2H. The van der Waals surface area contributed by atoms with E-state index in [9.17, 15) is 14.7 Å². The van der Waals surface area contributed by atoms with Crippen molar-refractivity contribution in [2.75, 3.05) is 0 Å². The summed E-state index contributed by atoms with van der Waals surface area (Å²) in [6.45, 7) is 8.18. The lowest BCUT2D eigenvalue weighted by Crippen LogP contribution is -2.14. The van der Waals surface area contributed by atoms with E-state index in [1.54, 1.807) is 9.12 Å². The summed E-state index contributed by atoms with van der Waals surface area (Å²) in [5.41, 5.74) is 4.11. The fourth-order valence-corrected chi connectivity index (χ4v) is 3.63. The van der Waals surface area contributed by atoms with E-state index in [-0.39, 0.29) is 11.7 Å². The van der Waals surface area contributed by atoms with E-state index < -0.39 is 5.97 Å². The van der Waals surface area contributed by atoms with Gasteiger partial charge in [0.2, 0.25) is 0 Å². The van der Waals surface area contributed by atoms with E-state index in [4.69, 9.17) is 4.57 Å². The highest BCUT2D eigenvalue weighted by atomic mass is 31.0. The van der Waals surface area contributed by atoms with Crippen LogP contribution >= 0.6 is 9.12 Å². The van der Waals surface area contributed by atoms with Crippen LogP contribution in [-0.2, 0) is 9.36 Å². The number of carboxylic acid groups (broad SMARTS) is 1. The smallest absolute Gasteiger partial charge is 0.306 e. The van der Waals surface area contributed by atoms with E-state index in [0.29, 0.717) is 12.8 Å². The fraction of sp³-hybridized carbons (Fsp3) is 0.636. The molecule has 0 radical (unpaired) electrons. The number of carbonyl (C=O) groups excluding carboxylic acids is 1. The zero-order valence-corrected chi connectivity index (χ0v) is 18.3. The highest BCUT2D eigenvalue weighted by Gasteiger charge is 2.17. The number of aryl methyl sites for hydroxylation is 3. The molecule has 0 aromatic heterocycles. The number of benzene rings is 1. The number of carbonyl (C=O) groups is 2. The molecule has 0 spiro atoms. The Balaban J connectivity index is 0.00000326. The highest BCUT2D eigenvalue weighted by molar-refractivity contribution is 7.00. The van der Waals surface area contributed by atoms with Crippen molar-refractivity contribution in [2.45, 2.75) is 85.5 Å². The van der Waals surface area contributed by atoms with Gasteiger partial charge in [0.25, 0.3) is 0 Å². The van der Waals surface area contributed by atoms with E-state index in [1.165, 1.54) is 12.0 Å². The summed E-state index contributed by atoms with van der Waals surface area (Å²) in [5, 5.41) is 9.35. The van der Waals surface area contributed by atoms with Crippen LogP contribution in [0.1, 0.15) is 91.8 Å². The number of Topliss-reactive ketones (excluding diaryl/α,β-unsaturated/α-hetero) is 1. The molecule has 0 aliphatic carbocycles. The lowest BCUT2D eigenvalue weighted by Gasteiger charge is -2.13. The minimum atomic E-state index is -0.687. The van der Waals surface area contributed by atoms with Gasteiger partial charge in [0, 0.05) is 12.0 Å². The summed E-state index contributed by atoms with van der Waals surface area (Å²) in [6, 6.07) is 4.11. The Kier molecular flexibility index (Phi) is 13.7. The zero-order valence-electron chi connectivity index (χ0n) is 17.3. The Labute approximate surface area is 166 Å². The molecule has 0 heterocycles. The van der Waals surface area contributed by atoms with Crippen LogP contribution in [0, 0.1) is 26.7 Å². The molecule has 0 saturated heterocycles. The van der Waals surface area contributed by atoms with Crippen molar-refractivity contribution >= 4 is 20.9 Å². The molecule has 0 aliphatic rings. The molecule has 27 heavy (non-hydrogen) atoms. The minimum absolute atomic E-state index is 0.185. The molecule has 1 aromatic carbocycles. The van der Waals surface area contributed by atoms with Gasteiger partial charge in [0.05, 0.1) is 5.92 Å². The number of carboxylic acids is 1. The number of rotatable bonds is 12. The number of hydrogen-bond acceptors (Lipinski definition) is 3. The van der Waals surface area contributed by atoms with E-state index in [1.807, 2.05) is 20.8 Å². The van der Waals surface area contributed by atoms with Crippen LogP contribution in [0.5, 0.6) is 0 Å². The first-order valence-electron chi connectivity index (χ1n) is 9.91. The molecule has 0 amide bonds. The second-order valence-electron chi connectivity index (χ2n) is 7.33. The maximum absolute atomic E-state index is 12.5. The molecule has 4 nitrogen and oxygen atoms in total. The molecule has 0 saturated carbocycles. The number of aliphatic carboxylic acids is 1. The van der Waals surface area contributed by atoms with Gasteiger partial charge in [-0.25, -0.2) is 0 Å². The summed E-state index contributed by atoms with van der Waals surface area (Å²) in [5.74, 6) is -0.757. The number of hydrogen-bond donors (Lipinski definition) is 1. The molecule has 5 heteroatoms. The second kappa shape index (κ2) is 14.5. The van der Waals surface area contributed by atoms with Crippen molar-refractivity contribution in [1.29, 1.82) is 0 Å². The van der Waals surface area contributed by atoms with Crippen LogP contribution in [0.3, 0.4) is 0 Å². The van der Waals surface area contributed by atoms with Crippen molar-refractivity contribution in [3.05, 3.63) is 34.4 Å². The molecule has 1 N–H and O–H groups in total. The van der Waals surface area contributed by atoms with Gasteiger partial charge in [-0.05, 0) is 51.2 Å². The van der Waals surface area contributed by atoms with Gasteiger partial charge in [0.1, 0.15) is 9.12 Å². The minimum Gasteiger partial charge on any atom is -0.481 e. The molecule has 1 rings (SSSR count). The number of ketones is 1. The van der Waals surface area contributed by atoms with Crippen molar-refractivity contribution in [3.63, 3.8) is 0 Å². The number of unbranched alkanes of at least 4 members (excludes halogenated alkanes) is 4. The van der Waals surface area contributed by atoms with Gasteiger partial charge in [-0.1, -0.05) is 56.7 Å². The van der Waals surface area contributed by atoms with Crippen molar-refractivity contribution in [1.82, 2.24) is 0 Å². The predicted octanol–water partition coefficient (Wildman–Crippen LogP) is 6.50. The van der Waals surface area contributed by atoms with Gasteiger partial charge >= 0.3 is 5.97 Å². The third-order valence-electron chi connectivity index (χ3n) is 4.92. The lowest BCUT2D eigenvalue weighted by molar-refractivity contribution is -0.142. The van der Waals surface area contributed by atoms with E-state index >= 15 is 0 Å². The van der Waals surface area contributed by atoms with Crippen molar-refractivity contribution < 1.29 is 19.3 Å². The highest BCUT2D eigenvalue weighted by Crippen LogP contribution is 2.21. The quantitative estimate of drug-likeness (QED) is 0.249. The summed E-state index contributed by atoms with van der Waals surface area (Å²) in [7, 11) is 1.72. The molecular formula is C22H35O4P. The monoisotopic (exact) mass is 394 g/mol. The Morgan fingerprint density at radius 2 is 1.44 bits per heavy atom. The van der Waals surface area contributed by atoms with E-state index in [2.05, 4.69) is 19.1 Å². The Morgan fingerprint density at radius 3 is 1.93 bits per heavy atom. The maximum atomic E-state index is 12.5.